The van der Waals surface area contributed by atoms with Gasteiger partial charge in [-0.15, -0.1) is 11.3 Å². The lowest BCUT2D eigenvalue weighted by atomic mass is 9.98. The quantitative estimate of drug-likeness (QED) is 0.507. The van der Waals surface area contributed by atoms with Crippen LogP contribution in [0.4, 0.5) is 5.69 Å². The lowest BCUT2D eigenvalue weighted by Gasteiger charge is -2.24. The predicted molar refractivity (Wildman–Crippen MR) is 113 cm³/mol. The van der Waals surface area contributed by atoms with Gasteiger partial charge in [-0.1, -0.05) is 42.5 Å². The van der Waals surface area contributed by atoms with Crippen LogP contribution in [0, 0.1) is 0 Å². The Morgan fingerprint density at radius 1 is 0.966 bits per heavy atom. The average Bonchev–Trinajstić information content (AvgIpc) is 3.18. The summed E-state index contributed by atoms with van der Waals surface area (Å²) in [5, 5.41) is 3.75. The first-order valence-electron chi connectivity index (χ1n) is 9.24. The number of rotatable bonds is 3. The molecule has 6 heteroatoms. The lowest BCUT2D eigenvalue weighted by Crippen LogP contribution is -2.38. The molecule has 1 atom stereocenters. The van der Waals surface area contributed by atoms with E-state index < -0.39 is 12.1 Å². The number of carbonyl (C=O) groups excluding carboxylic acids is 2. The normalized spacial score (nSPS) is 15.6. The number of benzene rings is 3. The van der Waals surface area contributed by atoms with Crippen LogP contribution in [0.2, 0.25) is 0 Å². The van der Waals surface area contributed by atoms with Crippen molar-refractivity contribution >= 4 is 39.1 Å². The summed E-state index contributed by atoms with van der Waals surface area (Å²) in [7, 11) is 0. The van der Waals surface area contributed by atoms with Gasteiger partial charge in [0.1, 0.15) is 5.01 Å². The minimum absolute atomic E-state index is 0.346. The van der Waals surface area contributed by atoms with Crippen molar-refractivity contribution in [3.05, 3.63) is 83.9 Å². The van der Waals surface area contributed by atoms with Gasteiger partial charge in [0.2, 0.25) is 0 Å². The Morgan fingerprint density at radius 2 is 1.69 bits per heavy atom. The number of ether oxygens (including phenoxy) is 1. The van der Waals surface area contributed by atoms with E-state index in [1.165, 1.54) is 0 Å². The molecule has 1 aliphatic heterocycles. The zero-order chi connectivity index (χ0) is 19.8. The molecule has 0 aliphatic carbocycles. The first-order chi connectivity index (χ1) is 14.2. The van der Waals surface area contributed by atoms with E-state index in [4.69, 9.17) is 4.74 Å². The summed E-state index contributed by atoms with van der Waals surface area (Å²) in [5.41, 5.74) is 3.75. The molecule has 1 N–H and O–H groups in total. The third-order valence-corrected chi connectivity index (χ3v) is 5.96. The van der Waals surface area contributed by atoms with E-state index in [2.05, 4.69) is 10.3 Å². The number of hydrogen-bond acceptors (Lipinski definition) is 5. The zero-order valence-corrected chi connectivity index (χ0v) is 16.1. The maximum Gasteiger partial charge on any atom is 0.339 e. The van der Waals surface area contributed by atoms with Crippen molar-refractivity contribution in [2.75, 3.05) is 5.32 Å². The molecule has 1 aromatic heterocycles. The van der Waals surface area contributed by atoms with E-state index in [0.717, 1.165) is 26.4 Å². The maximum absolute atomic E-state index is 12.9. The zero-order valence-electron chi connectivity index (χ0n) is 15.3. The fourth-order valence-electron chi connectivity index (χ4n) is 3.46. The molecule has 142 valence electrons. The highest BCUT2D eigenvalue weighted by atomic mass is 32.1. The van der Waals surface area contributed by atoms with Crippen LogP contribution in [0.5, 0.6) is 0 Å². The summed E-state index contributed by atoms with van der Waals surface area (Å²) >= 11 is 1.57. The largest absolute Gasteiger partial charge is 0.448 e. The van der Waals surface area contributed by atoms with E-state index in [1.807, 2.05) is 60.7 Å². The Balaban J connectivity index is 1.43. The molecule has 0 saturated heterocycles. The van der Waals surface area contributed by atoms with Crippen molar-refractivity contribution in [2.24, 2.45) is 0 Å². The minimum Gasteiger partial charge on any atom is -0.448 e. The number of aromatic nitrogens is 1. The number of nitrogens with one attached hydrogen (secondary N) is 1. The molecule has 0 bridgehead atoms. The molecule has 0 saturated carbocycles. The highest BCUT2D eigenvalue weighted by molar-refractivity contribution is 7.21. The highest BCUT2D eigenvalue weighted by Gasteiger charge is 2.31. The number of thiazole rings is 1. The van der Waals surface area contributed by atoms with Crippen LogP contribution in [-0.2, 0) is 16.0 Å². The summed E-state index contributed by atoms with van der Waals surface area (Å²) in [5.74, 6) is -0.812. The van der Waals surface area contributed by atoms with Crippen LogP contribution in [0.3, 0.4) is 0 Å². The first kappa shape index (κ1) is 17.6. The summed E-state index contributed by atoms with van der Waals surface area (Å²) in [4.78, 5) is 29.8. The Hall–Kier alpha value is -3.51. The van der Waals surface area contributed by atoms with E-state index >= 15 is 0 Å². The van der Waals surface area contributed by atoms with Crippen LogP contribution in [0.1, 0.15) is 15.9 Å². The van der Waals surface area contributed by atoms with E-state index in [0.29, 0.717) is 17.7 Å². The number of nitrogens with zero attached hydrogens (tertiary/aromatic N) is 1. The van der Waals surface area contributed by atoms with Gasteiger partial charge in [0, 0.05) is 12.0 Å². The Labute approximate surface area is 171 Å². The van der Waals surface area contributed by atoms with E-state index in [9.17, 15) is 9.59 Å². The molecule has 1 aliphatic rings. The smallest absolute Gasteiger partial charge is 0.339 e. The SMILES string of the molecule is O=C1OC(C(=O)Nc2ccccc2-c2nc3ccccc3s2)Cc2ccccc21. The van der Waals surface area contributed by atoms with Gasteiger partial charge in [-0.3, -0.25) is 4.79 Å². The van der Waals surface area contributed by atoms with Gasteiger partial charge in [0.05, 0.1) is 21.5 Å². The summed E-state index contributed by atoms with van der Waals surface area (Å²) < 4.78 is 6.46. The lowest BCUT2D eigenvalue weighted by molar-refractivity contribution is -0.125. The summed E-state index contributed by atoms with van der Waals surface area (Å²) in [6.45, 7) is 0. The maximum atomic E-state index is 12.9. The van der Waals surface area contributed by atoms with Gasteiger partial charge in [-0.05, 0) is 35.9 Å². The monoisotopic (exact) mass is 400 g/mol. The number of amides is 1. The van der Waals surface area contributed by atoms with Crippen LogP contribution in [0.15, 0.2) is 72.8 Å². The van der Waals surface area contributed by atoms with Gasteiger partial charge in [-0.2, -0.15) is 0 Å². The number of fused-ring (bicyclic) bond motifs is 2. The van der Waals surface area contributed by atoms with E-state index in [1.54, 1.807) is 23.5 Å². The Bertz CT molecular complexity index is 1210. The number of carbonyl (C=O) groups is 2. The second-order valence-electron chi connectivity index (χ2n) is 6.78. The Morgan fingerprint density at radius 3 is 2.55 bits per heavy atom. The third-order valence-electron chi connectivity index (χ3n) is 4.89. The Kier molecular flexibility index (Phi) is 4.33. The number of cyclic esters (lactones) is 1. The van der Waals surface area contributed by atoms with Crippen molar-refractivity contribution in [1.82, 2.24) is 4.98 Å². The second kappa shape index (κ2) is 7.14. The molecule has 0 fully saturated rings. The fourth-order valence-corrected chi connectivity index (χ4v) is 4.46. The van der Waals surface area contributed by atoms with Crippen LogP contribution < -0.4 is 5.32 Å². The first-order valence-corrected chi connectivity index (χ1v) is 10.1. The molecule has 1 amide bonds. The van der Waals surface area contributed by atoms with Crippen LogP contribution >= 0.6 is 11.3 Å². The van der Waals surface area contributed by atoms with Crippen molar-refractivity contribution < 1.29 is 14.3 Å². The van der Waals surface area contributed by atoms with Crippen molar-refractivity contribution in [3.8, 4) is 10.6 Å². The summed E-state index contributed by atoms with van der Waals surface area (Å²) in [6.07, 6.45) is -0.502. The van der Waals surface area contributed by atoms with E-state index in [-0.39, 0.29) is 5.91 Å². The fraction of sp³-hybridized carbons (Fsp3) is 0.0870. The van der Waals surface area contributed by atoms with Crippen molar-refractivity contribution in [1.29, 1.82) is 0 Å². The van der Waals surface area contributed by atoms with Gasteiger partial charge in [0.25, 0.3) is 5.91 Å². The molecule has 2 heterocycles. The van der Waals surface area contributed by atoms with Gasteiger partial charge in [-0.25, -0.2) is 9.78 Å². The predicted octanol–water partition coefficient (Wildman–Crippen LogP) is 4.68. The number of para-hydroxylation sites is 2. The molecule has 0 radical (unpaired) electrons. The third kappa shape index (κ3) is 3.28. The van der Waals surface area contributed by atoms with Crippen molar-refractivity contribution in [3.63, 3.8) is 0 Å². The van der Waals surface area contributed by atoms with Crippen LogP contribution in [-0.4, -0.2) is 23.0 Å². The molecule has 4 aromatic rings. The number of anilines is 1. The minimum atomic E-state index is -0.860. The second-order valence-corrected chi connectivity index (χ2v) is 7.81. The molecule has 3 aromatic carbocycles. The molecular formula is C23H16N2O3S. The molecule has 29 heavy (non-hydrogen) atoms. The molecule has 5 rings (SSSR count). The number of esters is 1. The highest BCUT2D eigenvalue weighted by Crippen LogP contribution is 2.34. The van der Waals surface area contributed by atoms with Gasteiger partial charge >= 0.3 is 5.97 Å². The number of hydrogen-bond donors (Lipinski definition) is 1. The summed E-state index contributed by atoms with van der Waals surface area (Å²) in [6, 6.07) is 22.7. The molecule has 5 nitrogen and oxygen atoms in total. The standard InChI is InChI=1S/C23H16N2O3S/c26-21(19-13-14-7-1-2-8-15(14)23(27)28-19)24-17-10-4-3-9-16(17)22-25-18-11-5-6-12-20(18)29-22/h1-12,19H,13H2,(H,24,26). The van der Waals surface area contributed by atoms with Crippen LogP contribution in [0.25, 0.3) is 20.8 Å². The van der Waals surface area contributed by atoms with Gasteiger partial charge in [0.15, 0.2) is 6.10 Å². The molecular weight excluding hydrogens is 384 g/mol. The van der Waals surface area contributed by atoms with Crippen molar-refractivity contribution in [2.45, 2.75) is 12.5 Å². The molecule has 1 unspecified atom stereocenters. The van der Waals surface area contributed by atoms with Gasteiger partial charge < -0.3 is 10.1 Å². The topological polar surface area (TPSA) is 68.3 Å². The molecule has 0 spiro atoms. The average molecular weight is 400 g/mol.